The number of amides is 1. The predicted molar refractivity (Wildman–Crippen MR) is 79.0 cm³/mol. The lowest BCUT2D eigenvalue weighted by molar-refractivity contribution is -0.121. The third-order valence-electron chi connectivity index (χ3n) is 2.58. The van der Waals surface area contributed by atoms with Crippen LogP contribution >= 0.6 is 23.2 Å². The second-order valence-electron chi connectivity index (χ2n) is 4.26. The van der Waals surface area contributed by atoms with Gasteiger partial charge >= 0.3 is 0 Å². The van der Waals surface area contributed by atoms with Gasteiger partial charge in [0.15, 0.2) is 5.82 Å². The third kappa shape index (κ3) is 5.15. The van der Waals surface area contributed by atoms with Gasteiger partial charge in [0.25, 0.3) is 0 Å². The highest BCUT2D eigenvalue weighted by Crippen LogP contribution is 2.27. The number of nitrogens with one attached hydrogen (secondary N) is 2. The molecule has 1 unspecified atom stereocenters. The Hall–Kier alpha value is -1.04. The average molecular weight is 323 g/mol. The van der Waals surface area contributed by atoms with E-state index >= 15 is 0 Å². The maximum absolute atomic E-state index is 13.3. The van der Waals surface area contributed by atoms with E-state index < -0.39 is 11.9 Å². The largest absolute Gasteiger partial charge is 0.385 e. The van der Waals surface area contributed by atoms with Gasteiger partial charge in [0, 0.05) is 25.9 Å². The van der Waals surface area contributed by atoms with E-state index in [9.17, 15) is 9.18 Å². The molecule has 0 heterocycles. The lowest BCUT2D eigenvalue weighted by Gasteiger charge is -2.16. The SMILES string of the molecule is COCCCNC(=O)C(C)Nc1cc(Cl)c(F)c(Cl)c1. The number of methoxy groups -OCH3 is 1. The molecular weight excluding hydrogens is 306 g/mol. The Labute approximate surface area is 127 Å². The van der Waals surface area contributed by atoms with E-state index in [4.69, 9.17) is 27.9 Å². The first kappa shape index (κ1) is 17.0. The zero-order valence-corrected chi connectivity index (χ0v) is 12.8. The average Bonchev–Trinajstić information content (AvgIpc) is 2.40. The maximum atomic E-state index is 13.3. The van der Waals surface area contributed by atoms with Gasteiger partial charge in [-0.15, -0.1) is 0 Å². The number of benzene rings is 1. The van der Waals surface area contributed by atoms with E-state index in [-0.39, 0.29) is 16.0 Å². The fraction of sp³-hybridized carbons (Fsp3) is 0.462. The first-order valence-corrected chi connectivity index (χ1v) is 6.89. The van der Waals surface area contributed by atoms with Crippen LogP contribution < -0.4 is 10.6 Å². The molecule has 1 aromatic rings. The molecule has 7 heteroatoms. The molecule has 0 spiro atoms. The van der Waals surface area contributed by atoms with Crippen molar-refractivity contribution in [2.75, 3.05) is 25.6 Å². The van der Waals surface area contributed by atoms with Gasteiger partial charge in [-0.25, -0.2) is 4.39 Å². The van der Waals surface area contributed by atoms with E-state index in [0.29, 0.717) is 18.8 Å². The Morgan fingerprint density at radius 3 is 2.55 bits per heavy atom. The highest BCUT2D eigenvalue weighted by atomic mass is 35.5. The van der Waals surface area contributed by atoms with Crippen molar-refractivity contribution < 1.29 is 13.9 Å². The van der Waals surface area contributed by atoms with Crippen molar-refractivity contribution in [2.45, 2.75) is 19.4 Å². The van der Waals surface area contributed by atoms with Crippen molar-refractivity contribution in [1.29, 1.82) is 0 Å². The quantitative estimate of drug-likeness (QED) is 0.599. The van der Waals surface area contributed by atoms with Crippen LogP contribution in [0.4, 0.5) is 10.1 Å². The Bertz CT molecular complexity index is 449. The second kappa shape index (κ2) is 8.29. The summed E-state index contributed by atoms with van der Waals surface area (Å²) in [5.74, 6) is -0.840. The first-order chi connectivity index (χ1) is 9.45. The predicted octanol–water partition coefficient (Wildman–Crippen LogP) is 3.09. The third-order valence-corrected chi connectivity index (χ3v) is 3.13. The standard InChI is InChI=1S/C13H17Cl2FN2O2/c1-8(13(19)17-4-3-5-20-2)18-9-6-10(14)12(16)11(15)7-9/h6-8,18H,3-5H2,1-2H3,(H,17,19). The highest BCUT2D eigenvalue weighted by molar-refractivity contribution is 6.35. The molecule has 1 rings (SSSR count). The highest BCUT2D eigenvalue weighted by Gasteiger charge is 2.14. The first-order valence-electron chi connectivity index (χ1n) is 6.13. The molecular formula is C13H17Cl2FN2O2. The van der Waals surface area contributed by atoms with E-state index in [2.05, 4.69) is 10.6 Å². The van der Waals surface area contributed by atoms with Crippen LogP contribution in [0.2, 0.25) is 10.0 Å². The van der Waals surface area contributed by atoms with Gasteiger partial charge in [0.1, 0.15) is 6.04 Å². The molecule has 112 valence electrons. The van der Waals surface area contributed by atoms with Crippen molar-refractivity contribution in [2.24, 2.45) is 0 Å². The topological polar surface area (TPSA) is 50.4 Å². The molecule has 0 fully saturated rings. The van der Waals surface area contributed by atoms with Crippen molar-refractivity contribution >= 4 is 34.8 Å². The van der Waals surface area contributed by atoms with Gasteiger partial charge in [-0.1, -0.05) is 23.2 Å². The summed E-state index contributed by atoms with van der Waals surface area (Å²) in [5.41, 5.74) is 0.487. The molecule has 0 aromatic heterocycles. The van der Waals surface area contributed by atoms with Gasteiger partial charge in [-0.2, -0.15) is 0 Å². The van der Waals surface area contributed by atoms with E-state index in [0.717, 1.165) is 6.42 Å². The molecule has 0 saturated carbocycles. The zero-order valence-electron chi connectivity index (χ0n) is 11.3. The lowest BCUT2D eigenvalue weighted by atomic mass is 10.2. The molecule has 1 amide bonds. The summed E-state index contributed by atoms with van der Waals surface area (Å²) >= 11 is 11.4. The van der Waals surface area contributed by atoms with Crippen LogP contribution in [0, 0.1) is 5.82 Å². The maximum Gasteiger partial charge on any atom is 0.242 e. The van der Waals surface area contributed by atoms with E-state index in [1.807, 2.05) is 0 Å². The minimum absolute atomic E-state index is 0.0901. The molecule has 1 atom stereocenters. The number of rotatable bonds is 7. The molecule has 2 N–H and O–H groups in total. The molecule has 0 aliphatic rings. The fourth-order valence-electron chi connectivity index (χ4n) is 1.54. The van der Waals surface area contributed by atoms with Crippen molar-refractivity contribution in [3.05, 3.63) is 28.0 Å². The lowest BCUT2D eigenvalue weighted by Crippen LogP contribution is -2.38. The van der Waals surface area contributed by atoms with Gasteiger partial charge in [0.2, 0.25) is 5.91 Å². The van der Waals surface area contributed by atoms with Gasteiger partial charge in [0.05, 0.1) is 10.0 Å². The van der Waals surface area contributed by atoms with Crippen molar-refractivity contribution in [1.82, 2.24) is 5.32 Å². The molecule has 0 saturated heterocycles. The Morgan fingerprint density at radius 2 is 2.00 bits per heavy atom. The minimum Gasteiger partial charge on any atom is -0.385 e. The summed E-state index contributed by atoms with van der Waals surface area (Å²) in [4.78, 5) is 11.8. The van der Waals surface area contributed by atoms with Crippen molar-refractivity contribution in [3.8, 4) is 0 Å². The van der Waals surface area contributed by atoms with Crippen LogP contribution in [-0.2, 0) is 9.53 Å². The monoisotopic (exact) mass is 322 g/mol. The number of carbonyl (C=O) groups excluding carboxylic acids is 1. The van der Waals surface area contributed by atoms with Gasteiger partial charge < -0.3 is 15.4 Å². The smallest absolute Gasteiger partial charge is 0.242 e. The minimum atomic E-state index is -0.671. The number of hydrogen-bond donors (Lipinski definition) is 2. The Balaban J connectivity index is 2.53. The van der Waals surface area contributed by atoms with E-state index in [1.165, 1.54) is 12.1 Å². The summed E-state index contributed by atoms with van der Waals surface area (Å²) in [6.07, 6.45) is 0.739. The molecule has 0 radical (unpaired) electrons. The summed E-state index contributed by atoms with van der Waals surface area (Å²) in [6, 6.07) is 2.28. The van der Waals surface area contributed by atoms with Gasteiger partial charge in [-0.3, -0.25) is 4.79 Å². The fourth-order valence-corrected chi connectivity index (χ4v) is 2.02. The van der Waals surface area contributed by atoms with Crippen LogP contribution in [0.5, 0.6) is 0 Å². The Kier molecular flexibility index (Phi) is 7.05. The molecule has 0 aliphatic carbocycles. The Morgan fingerprint density at radius 1 is 1.40 bits per heavy atom. The second-order valence-corrected chi connectivity index (χ2v) is 5.07. The molecule has 0 bridgehead atoms. The van der Waals surface area contributed by atoms with Crippen LogP contribution in [0.15, 0.2) is 12.1 Å². The summed E-state index contributed by atoms with van der Waals surface area (Å²) < 4.78 is 18.1. The number of halogens is 3. The molecule has 4 nitrogen and oxygen atoms in total. The molecule has 20 heavy (non-hydrogen) atoms. The number of hydrogen-bond acceptors (Lipinski definition) is 3. The van der Waals surface area contributed by atoms with E-state index in [1.54, 1.807) is 14.0 Å². The van der Waals surface area contributed by atoms with Crippen LogP contribution in [0.1, 0.15) is 13.3 Å². The molecule has 1 aromatic carbocycles. The summed E-state index contributed by atoms with van der Waals surface area (Å²) in [5, 5.41) is 5.49. The summed E-state index contributed by atoms with van der Waals surface area (Å²) in [6.45, 7) is 2.81. The van der Waals surface area contributed by atoms with Gasteiger partial charge in [-0.05, 0) is 25.5 Å². The zero-order chi connectivity index (χ0) is 15.1. The number of anilines is 1. The number of ether oxygens (including phenoxy) is 1. The van der Waals surface area contributed by atoms with Crippen molar-refractivity contribution in [3.63, 3.8) is 0 Å². The van der Waals surface area contributed by atoms with Crippen LogP contribution in [-0.4, -0.2) is 32.2 Å². The number of carbonyl (C=O) groups is 1. The normalized spacial score (nSPS) is 12.1. The van der Waals surface area contributed by atoms with Crippen LogP contribution in [0.25, 0.3) is 0 Å². The summed E-state index contributed by atoms with van der Waals surface area (Å²) in [7, 11) is 1.61. The molecule has 0 aliphatic heterocycles. The van der Waals surface area contributed by atoms with Crippen LogP contribution in [0.3, 0.4) is 0 Å².